The number of nitrogens with two attached hydrogens (primary N) is 1. The Hall–Kier alpha value is -2.83. The largest absolute Gasteiger partial charge is 0.409 e. The number of rotatable bonds is 6. The summed E-state index contributed by atoms with van der Waals surface area (Å²) in [6.45, 7) is 1.03. The second kappa shape index (κ2) is 7.09. The highest BCUT2D eigenvalue weighted by Crippen LogP contribution is 2.15. The number of benzene rings is 1. The zero-order valence-electron chi connectivity index (χ0n) is 11.4. The quantitative estimate of drug-likeness (QED) is 0.312. The Kier molecular flexibility index (Phi) is 4.92. The second-order valence-corrected chi connectivity index (χ2v) is 4.46. The van der Waals surface area contributed by atoms with Gasteiger partial charge in [-0.15, -0.1) is 0 Å². The van der Waals surface area contributed by atoms with E-state index in [2.05, 4.69) is 15.5 Å². The van der Waals surface area contributed by atoms with Crippen molar-refractivity contribution in [2.75, 3.05) is 6.54 Å². The highest BCUT2D eigenvalue weighted by Gasteiger charge is 2.24. The fraction of sp³-hybridized carbons (Fsp3) is 0.214. The van der Waals surface area contributed by atoms with Crippen LogP contribution in [0.25, 0.3) is 0 Å². The molecule has 0 saturated heterocycles. The molecule has 1 unspecified atom stereocenters. The van der Waals surface area contributed by atoms with Crippen LogP contribution < -0.4 is 11.1 Å². The van der Waals surface area contributed by atoms with Crippen LogP contribution in [-0.2, 0) is 11.3 Å². The highest BCUT2D eigenvalue weighted by molar-refractivity contribution is 6.07. The first-order valence-corrected chi connectivity index (χ1v) is 6.48. The van der Waals surface area contributed by atoms with Gasteiger partial charge in [0.05, 0.1) is 6.33 Å². The van der Waals surface area contributed by atoms with E-state index in [9.17, 15) is 4.79 Å². The lowest BCUT2D eigenvalue weighted by Crippen LogP contribution is -2.38. The minimum Gasteiger partial charge on any atom is -0.409 e. The average molecular weight is 287 g/mol. The average Bonchev–Trinajstić information content (AvgIpc) is 3.01. The molecule has 2 rings (SSSR count). The summed E-state index contributed by atoms with van der Waals surface area (Å²) >= 11 is 0. The van der Waals surface area contributed by atoms with E-state index in [0.29, 0.717) is 18.7 Å². The molecule has 4 N–H and O–H groups in total. The molecular formula is C14H17N5O2. The van der Waals surface area contributed by atoms with E-state index in [4.69, 9.17) is 10.9 Å². The van der Waals surface area contributed by atoms with Crippen molar-refractivity contribution in [2.45, 2.75) is 12.5 Å². The molecule has 7 heteroatoms. The smallest absolute Gasteiger partial charge is 0.235 e. The number of hydrogen-bond donors (Lipinski definition) is 3. The van der Waals surface area contributed by atoms with Crippen LogP contribution in [0.4, 0.5) is 0 Å². The topological polar surface area (TPSA) is 106 Å². The van der Waals surface area contributed by atoms with Gasteiger partial charge in [0.25, 0.3) is 0 Å². The number of amidine groups is 1. The summed E-state index contributed by atoms with van der Waals surface area (Å²) in [6, 6.07) is 8.96. The number of aromatic nitrogens is 2. The molecule has 0 bridgehead atoms. The van der Waals surface area contributed by atoms with Crippen LogP contribution in [-0.4, -0.2) is 33.0 Å². The molecule has 0 aliphatic rings. The van der Waals surface area contributed by atoms with Gasteiger partial charge in [-0.25, -0.2) is 4.98 Å². The molecule has 1 heterocycles. The lowest BCUT2D eigenvalue weighted by molar-refractivity contribution is -0.121. The van der Waals surface area contributed by atoms with Gasteiger partial charge in [0.1, 0.15) is 5.92 Å². The lowest BCUT2D eigenvalue weighted by Gasteiger charge is -2.16. The fourth-order valence-corrected chi connectivity index (χ4v) is 1.99. The number of imidazole rings is 1. The zero-order chi connectivity index (χ0) is 15.1. The third-order valence-electron chi connectivity index (χ3n) is 3.03. The molecule has 0 fully saturated rings. The molecule has 1 amide bonds. The summed E-state index contributed by atoms with van der Waals surface area (Å²) < 4.78 is 1.85. The first-order chi connectivity index (χ1) is 10.2. The molecule has 0 spiro atoms. The Bertz CT molecular complexity index is 595. The maximum Gasteiger partial charge on any atom is 0.235 e. The molecule has 1 aromatic heterocycles. The number of carbonyl (C=O) groups is 1. The lowest BCUT2D eigenvalue weighted by atomic mass is 9.97. The van der Waals surface area contributed by atoms with Crippen LogP contribution in [0.2, 0.25) is 0 Å². The molecule has 110 valence electrons. The van der Waals surface area contributed by atoms with Crippen molar-refractivity contribution >= 4 is 11.7 Å². The summed E-state index contributed by atoms with van der Waals surface area (Å²) in [5, 5.41) is 14.6. The normalized spacial score (nSPS) is 12.9. The predicted molar refractivity (Wildman–Crippen MR) is 77.8 cm³/mol. The number of amides is 1. The van der Waals surface area contributed by atoms with Crippen LogP contribution in [0.3, 0.4) is 0 Å². The molecule has 0 aliphatic heterocycles. The first-order valence-electron chi connectivity index (χ1n) is 6.48. The third-order valence-corrected chi connectivity index (χ3v) is 3.03. The minimum absolute atomic E-state index is 0.138. The van der Waals surface area contributed by atoms with E-state index in [0.717, 1.165) is 0 Å². The highest BCUT2D eigenvalue weighted by atomic mass is 16.4. The molecule has 0 saturated carbocycles. The van der Waals surface area contributed by atoms with Gasteiger partial charge < -0.3 is 20.8 Å². The number of carbonyl (C=O) groups excluding carboxylic acids is 1. The SMILES string of the molecule is NC(=NO)C(C(=O)NCCn1ccnc1)c1ccccc1. The van der Waals surface area contributed by atoms with Crippen molar-refractivity contribution in [3.63, 3.8) is 0 Å². The Morgan fingerprint density at radius 2 is 2.19 bits per heavy atom. The van der Waals surface area contributed by atoms with Crippen LogP contribution in [0.15, 0.2) is 54.2 Å². The molecule has 2 aromatic rings. The van der Waals surface area contributed by atoms with Crippen LogP contribution in [0, 0.1) is 0 Å². The van der Waals surface area contributed by atoms with Crippen molar-refractivity contribution in [1.82, 2.24) is 14.9 Å². The molecule has 7 nitrogen and oxygen atoms in total. The molecule has 1 atom stereocenters. The summed E-state index contributed by atoms with van der Waals surface area (Å²) in [7, 11) is 0. The van der Waals surface area contributed by atoms with Crippen molar-refractivity contribution in [2.24, 2.45) is 10.9 Å². The summed E-state index contributed by atoms with van der Waals surface area (Å²) in [5.41, 5.74) is 6.31. The Morgan fingerprint density at radius 3 is 2.81 bits per heavy atom. The molecule has 1 aromatic carbocycles. The van der Waals surface area contributed by atoms with Crippen molar-refractivity contribution < 1.29 is 10.0 Å². The fourth-order valence-electron chi connectivity index (χ4n) is 1.99. The first kappa shape index (κ1) is 14.6. The number of oxime groups is 1. The summed E-state index contributed by atoms with van der Waals surface area (Å²) in [4.78, 5) is 16.2. The Morgan fingerprint density at radius 1 is 1.43 bits per heavy atom. The number of hydrogen-bond acceptors (Lipinski definition) is 4. The summed E-state index contributed by atoms with van der Waals surface area (Å²) in [5.74, 6) is -1.25. The van der Waals surface area contributed by atoms with E-state index in [1.807, 2.05) is 16.8 Å². The number of nitrogens with zero attached hydrogens (tertiary/aromatic N) is 3. The Balaban J connectivity index is 2.01. The second-order valence-electron chi connectivity index (χ2n) is 4.46. The van der Waals surface area contributed by atoms with E-state index in [1.165, 1.54) is 0 Å². The van der Waals surface area contributed by atoms with Gasteiger partial charge in [-0.3, -0.25) is 4.79 Å². The van der Waals surface area contributed by atoms with Crippen LogP contribution >= 0.6 is 0 Å². The van der Waals surface area contributed by atoms with Gasteiger partial charge in [-0.2, -0.15) is 0 Å². The number of nitrogens with one attached hydrogen (secondary N) is 1. The van der Waals surface area contributed by atoms with E-state index in [-0.39, 0.29) is 11.7 Å². The monoisotopic (exact) mass is 287 g/mol. The molecule has 0 aliphatic carbocycles. The predicted octanol–water partition coefficient (Wildman–Crippen LogP) is 0.530. The molecular weight excluding hydrogens is 270 g/mol. The van der Waals surface area contributed by atoms with Crippen molar-refractivity contribution in [3.8, 4) is 0 Å². The van der Waals surface area contributed by atoms with Crippen LogP contribution in [0.1, 0.15) is 11.5 Å². The van der Waals surface area contributed by atoms with Crippen molar-refractivity contribution in [3.05, 3.63) is 54.6 Å². The maximum absolute atomic E-state index is 12.3. The summed E-state index contributed by atoms with van der Waals surface area (Å²) in [6.07, 6.45) is 5.15. The van der Waals surface area contributed by atoms with Gasteiger partial charge in [0.15, 0.2) is 5.84 Å². The molecule has 0 radical (unpaired) electrons. The Labute approximate surface area is 122 Å². The van der Waals surface area contributed by atoms with Crippen molar-refractivity contribution in [1.29, 1.82) is 0 Å². The third kappa shape index (κ3) is 3.82. The van der Waals surface area contributed by atoms with Gasteiger partial charge in [-0.1, -0.05) is 35.5 Å². The van der Waals surface area contributed by atoms with E-state index < -0.39 is 5.92 Å². The van der Waals surface area contributed by atoms with Crippen LogP contribution in [0.5, 0.6) is 0 Å². The maximum atomic E-state index is 12.3. The standard InChI is InChI=1S/C14H17N5O2/c15-13(18-21)12(11-4-2-1-3-5-11)14(20)17-7-9-19-8-6-16-10-19/h1-6,8,10,12,21H,7,9H2,(H2,15,18)(H,17,20). The minimum atomic E-state index is -0.806. The van der Waals surface area contributed by atoms with Gasteiger partial charge in [0.2, 0.25) is 5.91 Å². The van der Waals surface area contributed by atoms with Gasteiger partial charge in [-0.05, 0) is 5.56 Å². The van der Waals surface area contributed by atoms with Gasteiger partial charge in [0, 0.05) is 25.5 Å². The molecule has 21 heavy (non-hydrogen) atoms. The van der Waals surface area contributed by atoms with Gasteiger partial charge >= 0.3 is 0 Å². The van der Waals surface area contributed by atoms with E-state index >= 15 is 0 Å². The van der Waals surface area contributed by atoms with E-state index in [1.54, 1.807) is 36.8 Å². The zero-order valence-corrected chi connectivity index (χ0v) is 11.4.